The van der Waals surface area contributed by atoms with Crippen LogP contribution in [-0.4, -0.2) is 35.4 Å². The maximum absolute atomic E-state index is 12.6. The first-order valence-corrected chi connectivity index (χ1v) is 7.04. The minimum Gasteiger partial charge on any atom is -0.357 e. The lowest BCUT2D eigenvalue weighted by Crippen LogP contribution is -2.48. The Hall–Kier alpha value is -1.78. The summed E-state index contributed by atoms with van der Waals surface area (Å²) in [6, 6.07) is 11.4. The number of piperazine rings is 1. The minimum atomic E-state index is 0.0123. The number of hydrogen-bond donors (Lipinski definition) is 2. The van der Waals surface area contributed by atoms with Crippen LogP contribution in [0.2, 0.25) is 5.02 Å². The van der Waals surface area contributed by atoms with E-state index >= 15 is 0 Å². The van der Waals surface area contributed by atoms with Crippen molar-refractivity contribution < 1.29 is 4.79 Å². The fourth-order valence-corrected chi connectivity index (χ4v) is 2.78. The van der Waals surface area contributed by atoms with E-state index in [0.717, 1.165) is 18.7 Å². The number of hydrogen-bond acceptors (Lipinski definition) is 2. The van der Waals surface area contributed by atoms with Gasteiger partial charge in [0.1, 0.15) is 5.69 Å². The maximum atomic E-state index is 12.6. The molecule has 1 amide bonds. The quantitative estimate of drug-likeness (QED) is 0.892. The molecule has 20 heavy (non-hydrogen) atoms. The number of aromatic amines is 1. The standard InChI is InChI=1S/C15H16ClN3O/c16-12-4-1-3-11(9-12)14-10-17-7-8-19(14)15(20)13-5-2-6-18-13/h1-6,9,14,17-18H,7-8,10H2. The Morgan fingerprint density at radius 1 is 1.30 bits per heavy atom. The molecule has 2 heterocycles. The largest absolute Gasteiger partial charge is 0.357 e. The van der Waals surface area contributed by atoms with Gasteiger partial charge in [-0.05, 0) is 29.8 Å². The van der Waals surface area contributed by atoms with Gasteiger partial charge < -0.3 is 15.2 Å². The number of carbonyl (C=O) groups excluding carboxylic acids is 1. The third-order valence-electron chi connectivity index (χ3n) is 3.57. The summed E-state index contributed by atoms with van der Waals surface area (Å²) in [4.78, 5) is 17.4. The van der Waals surface area contributed by atoms with Crippen molar-refractivity contribution in [1.82, 2.24) is 15.2 Å². The molecule has 1 aromatic heterocycles. The lowest BCUT2D eigenvalue weighted by atomic mass is 10.0. The number of halogens is 1. The summed E-state index contributed by atoms with van der Waals surface area (Å²) in [5.41, 5.74) is 1.68. The molecule has 1 aromatic carbocycles. The van der Waals surface area contributed by atoms with Gasteiger partial charge in [0.05, 0.1) is 6.04 Å². The van der Waals surface area contributed by atoms with Crippen molar-refractivity contribution in [2.24, 2.45) is 0 Å². The van der Waals surface area contributed by atoms with E-state index in [1.54, 1.807) is 12.3 Å². The van der Waals surface area contributed by atoms with Gasteiger partial charge in [-0.25, -0.2) is 0 Å². The fourth-order valence-electron chi connectivity index (χ4n) is 2.58. The Bertz CT molecular complexity index is 597. The molecule has 3 rings (SSSR count). The molecule has 0 spiro atoms. The summed E-state index contributed by atoms with van der Waals surface area (Å²) in [5, 5.41) is 4.03. The number of H-pyrrole nitrogens is 1. The lowest BCUT2D eigenvalue weighted by molar-refractivity contribution is 0.0629. The van der Waals surface area contributed by atoms with Gasteiger partial charge in [-0.15, -0.1) is 0 Å². The highest BCUT2D eigenvalue weighted by molar-refractivity contribution is 6.30. The van der Waals surface area contributed by atoms with Gasteiger partial charge in [-0.2, -0.15) is 0 Å². The molecule has 1 unspecified atom stereocenters. The topological polar surface area (TPSA) is 48.1 Å². The predicted molar refractivity (Wildman–Crippen MR) is 78.9 cm³/mol. The van der Waals surface area contributed by atoms with Crippen molar-refractivity contribution in [3.8, 4) is 0 Å². The summed E-state index contributed by atoms with van der Waals surface area (Å²) in [6.45, 7) is 2.24. The summed E-state index contributed by atoms with van der Waals surface area (Å²) < 4.78 is 0. The average molecular weight is 290 g/mol. The Morgan fingerprint density at radius 2 is 2.20 bits per heavy atom. The predicted octanol–water partition coefficient (Wildman–Crippen LogP) is 2.45. The van der Waals surface area contributed by atoms with Crippen molar-refractivity contribution in [1.29, 1.82) is 0 Å². The second kappa shape index (κ2) is 5.69. The SMILES string of the molecule is O=C(c1ccc[nH]1)N1CCNCC1c1cccc(Cl)c1. The summed E-state index contributed by atoms with van der Waals surface area (Å²) >= 11 is 6.06. The van der Waals surface area contributed by atoms with E-state index in [1.165, 1.54) is 0 Å². The van der Waals surface area contributed by atoms with Crippen LogP contribution in [0, 0.1) is 0 Å². The smallest absolute Gasteiger partial charge is 0.270 e. The molecule has 0 bridgehead atoms. The first-order chi connectivity index (χ1) is 9.75. The number of nitrogens with one attached hydrogen (secondary N) is 2. The van der Waals surface area contributed by atoms with E-state index in [9.17, 15) is 4.79 Å². The van der Waals surface area contributed by atoms with Gasteiger partial charge in [0.25, 0.3) is 5.91 Å². The number of aromatic nitrogens is 1. The fraction of sp³-hybridized carbons (Fsp3) is 0.267. The monoisotopic (exact) mass is 289 g/mol. The van der Waals surface area contributed by atoms with Gasteiger partial charge in [0.15, 0.2) is 0 Å². The van der Waals surface area contributed by atoms with Crippen LogP contribution < -0.4 is 5.32 Å². The second-order valence-electron chi connectivity index (χ2n) is 4.86. The molecular weight excluding hydrogens is 274 g/mol. The first-order valence-electron chi connectivity index (χ1n) is 6.66. The summed E-state index contributed by atoms with van der Waals surface area (Å²) in [7, 11) is 0. The summed E-state index contributed by atoms with van der Waals surface area (Å²) in [6.07, 6.45) is 1.77. The molecule has 1 aliphatic heterocycles. The first kappa shape index (κ1) is 13.2. The van der Waals surface area contributed by atoms with Crippen LogP contribution in [0.3, 0.4) is 0 Å². The lowest BCUT2D eigenvalue weighted by Gasteiger charge is -2.36. The van der Waals surface area contributed by atoms with Crippen molar-refractivity contribution in [3.63, 3.8) is 0 Å². The third kappa shape index (κ3) is 2.57. The van der Waals surface area contributed by atoms with Gasteiger partial charge in [-0.3, -0.25) is 4.79 Å². The van der Waals surface area contributed by atoms with Gasteiger partial charge in [0, 0.05) is 30.9 Å². The minimum absolute atomic E-state index is 0.0123. The van der Waals surface area contributed by atoms with Crippen LogP contribution in [0.4, 0.5) is 0 Å². The molecule has 1 fully saturated rings. The molecule has 4 nitrogen and oxygen atoms in total. The number of rotatable bonds is 2. The molecule has 0 saturated carbocycles. The van der Waals surface area contributed by atoms with E-state index in [2.05, 4.69) is 10.3 Å². The number of amides is 1. The van der Waals surface area contributed by atoms with Gasteiger partial charge in [0.2, 0.25) is 0 Å². The molecule has 2 aromatic rings. The molecule has 5 heteroatoms. The van der Waals surface area contributed by atoms with Crippen LogP contribution in [-0.2, 0) is 0 Å². The zero-order valence-corrected chi connectivity index (χ0v) is 11.7. The van der Waals surface area contributed by atoms with Crippen molar-refractivity contribution in [2.45, 2.75) is 6.04 Å². The average Bonchev–Trinajstić information content (AvgIpc) is 3.01. The number of benzene rings is 1. The van der Waals surface area contributed by atoms with Gasteiger partial charge in [-0.1, -0.05) is 23.7 Å². The molecule has 1 atom stereocenters. The van der Waals surface area contributed by atoms with Crippen LogP contribution in [0.1, 0.15) is 22.1 Å². The third-order valence-corrected chi connectivity index (χ3v) is 3.80. The molecule has 104 valence electrons. The van der Waals surface area contributed by atoms with Gasteiger partial charge >= 0.3 is 0 Å². The van der Waals surface area contributed by atoms with Crippen LogP contribution in [0.15, 0.2) is 42.6 Å². The molecule has 1 aliphatic rings. The van der Waals surface area contributed by atoms with E-state index < -0.39 is 0 Å². The van der Waals surface area contributed by atoms with Crippen LogP contribution in [0.25, 0.3) is 0 Å². The molecule has 2 N–H and O–H groups in total. The van der Waals surface area contributed by atoms with E-state index in [1.807, 2.05) is 35.2 Å². The van der Waals surface area contributed by atoms with E-state index in [-0.39, 0.29) is 11.9 Å². The number of nitrogens with zero attached hydrogens (tertiary/aromatic N) is 1. The second-order valence-corrected chi connectivity index (χ2v) is 5.29. The Balaban J connectivity index is 1.89. The Kier molecular flexibility index (Phi) is 3.76. The Labute approximate surface area is 122 Å². The zero-order chi connectivity index (χ0) is 13.9. The molecule has 0 radical (unpaired) electrons. The normalized spacial score (nSPS) is 19.1. The van der Waals surface area contributed by atoms with Crippen molar-refractivity contribution >= 4 is 17.5 Å². The van der Waals surface area contributed by atoms with Crippen LogP contribution in [0.5, 0.6) is 0 Å². The van der Waals surface area contributed by atoms with Crippen LogP contribution >= 0.6 is 11.6 Å². The van der Waals surface area contributed by atoms with Crippen molar-refractivity contribution in [2.75, 3.05) is 19.6 Å². The van der Waals surface area contributed by atoms with Crippen molar-refractivity contribution in [3.05, 3.63) is 58.9 Å². The Morgan fingerprint density at radius 3 is 2.95 bits per heavy atom. The van der Waals surface area contributed by atoms with E-state index in [4.69, 9.17) is 11.6 Å². The highest BCUT2D eigenvalue weighted by Crippen LogP contribution is 2.25. The zero-order valence-electron chi connectivity index (χ0n) is 11.0. The molecular formula is C15H16ClN3O. The highest BCUT2D eigenvalue weighted by atomic mass is 35.5. The molecule has 1 saturated heterocycles. The highest BCUT2D eigenvalue weighted by Gasteiger charge is 2.28. The molecule has 0 aliphatic carbocycles. The van der Waals surface area contributed by atoms with E-state index in [0.29, 0.717) is 17.3 Å². The number of carbonyl (C=O) groups is 1. The summed E-state index contributed by atoms with van der Waals surface area (Å²) in [5.74, 6) is 0.0291. The maximum Gasteiger partial charge on any atom is 0.270 e.